The van der Waals surface area contributed by atoms with Gasteiger partial charge >= 0.3 is 5.97 Å². The Morgan fingerprint density at radius 2 is 1.62 bits per heavy atom. The maximum absolute atomic E-state index is 13.7. The van der Waals surface area contributed by atoms with Gasteiger partial charge in [0.25, 0.3) is 5.91 Å². The number of amides is 1. The molecule has 0 bridgehead atoms. The average Bonchev–Trinajstić information content (AvgIpc) is 3.29. The van der Waals surface area contributed by atoms with Crippen molar-refractivity contribution in [2.45, 2.75) is 40.5 Å². The molecule has 2 heterocycles. The van der Waals surface area contributed by atoms with Crippen molar-refractivity contribution in [1.82, 2.24) is 4.57 Å². The van der Waals surface area contributed by atoms with Gasteiger partial charge < -0.3 is 14.0 Å². The average molecular weight is 519 g/mol. The molecule has 6 nitrogen and oxygen atoms in total. The number of hydrogen-bond donors (Lipinski definition) is 0. The van der Waals surface area contributed by atoms with E-state index in [-0.39, 0.29) is 11.5 Å². The van der Waals surface area contributed by atoms with E-state index in [0.29, 0.717) is 33.6 Å². The number of nitrogens with zero attached hydrogens (tertiary/aromatic N) is 2. The van der Waals surface area contributed by atoms with E-state index in [2.05, 4.69) is 13.8 Å². The summed E-state index contributed by atoms with van der Waals surface area (Å²) in [6.45, 7) is 9.95. The van der Waals surface area contributed by atoms with E-state index in [1.54, 1.807) is 25.0 Å². The number of esters is 1. The number of rotatable bonds is 6. The lowest BCUT2D eigenvalue weighted by molar-refractivity contribution is -0.136. The number of carbonyl (C=O) groups excluding carboxylic acids is 2. The minimum Gasteiger partial charge on any atom is -0.495 e. The molecule has 0 fully saturated rings. The van der Waals surface area contributed by atoms with Crippen LogP contribution in [-0.2, 0) is 14.3 Å². The van der Waals surface area contributed by atoms with Gasteiger partial charge in [-0.2, -0.15) is 0 Å². The number of allylic oxidation sites excluding steroid dienone is 1. The smallest absolute Gasteiger partial charge is 0.340 e. The molecule has 0 radical (unpaired) electrons. The summed E-state index contributed by atoms with van der Waals surface area (Å²) in [7, 11) is 2.90. The van der Waals surface area contributed by atoms with Gasteiger partial charge in [-0.1, -0.05) is 37.6 Å². The summed E-state index contributed by atoms with van der Waals surface area (Å²) < 4.78 is 12.4. The highest BCUT2D eigenvalue weighted by atomic mass is 35.5. The van der Waals surface area contributed by atoms with Crippen LogP contribution in [0.4, 0.5) is 5.69 Å². The minimum absolute atomic E-state index is 0.262. The topological polar surface area (TPSA) is 60.8 Å². The summed E-state index contributed by atoms with van der Waals surface area (Å²) in [6, 6.07) is 15.4. The van der Waals surface area contributed by atoms with Gasteiger partial charge in [0.1, 0.15) is 5.75 Å². The first-order valence-electron chi connectivity index (χ1n) is 12.1. The molecule has 192 valence electrons. The Kier molecular flexibility index (Phi) is 7.32. The van der Waals surface area contributed by atoms with Crippen molar-refractivity contribution in [3.05, 3.63) is 92.9 Å². The molecule has 1 aliphatic heterocycles. The van der Waals surface area contributed by atoms with E-state index in [1.807, 2.05) is 66.9 Å². The molecule has 0 saturated carbocycles. The van der Waals surface area contributed by atoms with Gasteiger partial charge in [0.2, 0.25) is 0 Å². The van der Waals surface area contributed by atoms with Crippen molar-refractivity contribution in [1.29, 1.82) is 0 Å². The van der Waals surface area contributed by atoms with Crippen LogP contribution in [0.3, 0.4) is 0 Å². The fourth-order valence-electron chi connectivity index (χ4n) is 4.78. The number of ether oxygens (including phenoxy) is 2. The zero-order valence-electron chi connectivity index (χ0n) is 22.2. The van der Waals surface area contributed by atoms with Crippen molar-refractivity contribution in [2.75, 3.05) is 19.1 Å². The Morgan fingerprint density at radius 1 is 0.973 bits per heavy atom. The third-order valence-corrected chi connectivity index (χ3v) is 7.07. The molecule has 0 saturated heterocycles. The van der Waals surface area contributed by atoms with E-state index < -0.39 is 5.97 Å². The Balaban J connectivity index is 1.81. The van der Waals surface area contributed by atoms with Crippen molar-refractivity contribution >= 4 is 35.2 Å². The quantitative estimate of drug-likeness (QED) is 0.267. The Morgan fingerprint density at radius 3 is 2.19 bits per heavy atom. The summed E-state index contributed by atoms with van der Waals surface area (Å²) in [4.78, 5) is 28.1. The number of aryl methyl sites for hydroxylation is 1. The highest BCUT2D eigenvalue weighted by Crippen LogP contribution is 2.37. The second kappa shape index (κ2) is 10.3. The molecule has 2 aromatic carbocycles. The van der Waals surface area contributed by atoms with Crippen LogP contribution < -0.4 is 9.64 Å². The molecule has 1 amide bonds. The largest absolute Gasteiger partial charge is 0.495 e. The summed E-state index contributed by atoms with van der Waals surface area (Å²) >= 11 is 6.38. The van der Waals surface area contributed by atoms with Gasteiger partial charge in [-0.05, 0) is 80.3 Å². The number of halogens is 1. The van der Waals surface area contributed by atoms with Gasteiger partial charge in [0.05, 0.1) is 30.4 Å². The summed E-state index contributed by atoms with van der Waals surface area (Å²) in [6.07, 6.45) is 1.77. The van der Waals surface area contributed by atoms with E-state index in [4.69, 9.17) is 21.1 Å². The fourth-order valence-corrected chi connectivity index (χ4v) is 5.03. The minimum atomic E-state index is -0.547. The molecule has 37 heavy (non-hydrogen) atoms. The Hall–Kier alpha value is -3.77. The third-order valence-electron chi connectivity index (χ3n) is 6.77. The van der Waals surface area contributed by atoms with E-state index >= 15 is 0 Å². The molecule has 0 N–H and O–H groups in total. The first-order chi connectivity index (χ1) is 17.6. The second-order valence-electron chi connectivity index (χ2n) is 9.38. The van der Waals surface area contributed by atoms with Crippen molar-refractivity contribution in [3.63, 3.8) is 0 Å². The third kappa shape index (κ3) is 4.69. The lowest BCUT2D eigenvalue weighted by Crippen LogP contribution is -2.24. The van der Waals surface area contributed by atoms with Gasteiger partial charge in [0, 0.05) is 28.5 Å². The first kappa shape index (κ1) is 26.3. The molecule has 7 heteroatoms. The van der Waals surface area contributed by atoms with Crippen molar-refractivity contribution < 1.29 is 19.1 Å². The SMILES string of the molecule is COC(=O)C1=C(C)N(c2ccc(C(C)C)cc2)C(=O)/C1=C\c1cc(C)n(-c2ccc(OC)c(Cl)c2)c1C. The zero-order valence-corrected chi connectivity index (χ0v) is 22.9. The monoisotopic (exact) mass is 518 g/mol. The van der Waals surface area contributed by atoms with Crippen LogP contribution >= 0.6 is 11.6 Å². The fraction of sp³-hybridized carbons (Fsp3) is 0.267. The Labute approximate surface area is 222 Å². The highest BCUT2D eigenvalue weighted by molar-refractivity contribution is 6.32. The van der Waals surface area contributed by atoms with Crippen molar-refractivity contribution in [3.8, 4) is 11.4 Å². The lowest BCUT2D eigenvalue weighted by Gasteiger charge is -2.19. The zero-order chi connectivity index (χ0) is 27.0. The lowest BCUT2D eigenvalue weighted by atomic mass is 10.0. The normalized spacial score (nSPS) is 14.8. The van der Waals surface area contributed by atoms with Gasteiger partial charge in [0.15, 0.2) is 0 Å². The molecule has 0 aliphatic carbocycles. The molecule has 0 atom stereocenters. The first-order valence-corrected chi connectivity index (χ1v) is 12.4. The van der Waals surface area contributed by atoms with Gasteiger partial charge in [-0.15, -0.1) is 0 Å². The number of benzene rings is 2. The second-order valence-corrected chi connectivity index (χ2v) is 9.78. The van der Waals surface area contributed by atoms with Gasteiger partial charge in [-0.25, -0.2) is 4.79 Å². The molecule has 1 aromatic heterocycles. The highest BCUT2D eigenvalue weighted by Gasteiger charge is 2.38. The summed E-state index contributed by atoms with van der Waals surface area (Å²) in [5.41, 5.74) is 6.52. The molecule has 0 spiro atoms. The molecule has 1 aliphatic rings. The van der Waals surface area contributed by atoms with Crippen LogP contribution in [0, 0.1) is 13.8 Å². The molecular formula is C30H31ClN2O4. The number of anilines is 1. The van der Waals surface area contributed by atoms with E-state index in [9.17, 15) is 9.59 Å². The number of hydrogen-bond acceptors (Lipinski definition) is 4. The van der Waals surface area contributed by atoms with Gasteiger partial charge in [-0.3, -0.25) is 9.69 Å². The van der Waals surface area contributed by atoms with E-state index in [0.717, 1.165) is 22.6 Å². The predicted octanol–water partition coefficient (Wildman–Crippen LogP) is 6.76. The number of methoxy groups -OCH3 is 2. The van der Waals surface area contributed by atoms with E-state index in [1.165, 1.54) is 12.7 Å². The van der Waals surface area contributed by atoms with Crippen LogP contribution in [0.2, 0.25) is 5.02 Å². The van der Waals surface area contributed by atoms with Crippen LogP contribution in [0.15, 0.2) is 65.4 Å². The van der Waals surface area contributed by atoms with Crippen LogP contribution in [0.5, 0.6) is 5.75 Å². The maximum Gasteiger partial charge on any atom is 0.340 e. The molecule has 4 rings (SSSR count). The predicted molar refractivity (Wildman–Crippen MR) is 148 cm³/mol. The summed E-state index contributed by atoms with van der Waals surface area (Å²) in [5.74, 6) is 0.148. The van der Waals surface area contributed by atoms with Crippen molar-refractivity contribution in [2.24, 2.45) is 0 Å². The molecule has 3 aromatic rings. The standard InChI is InChI=1S/C30H31ClN2O4/c1-17(2)21-8-10-23(11-9-21)33-20(5)28(30(35)37-7)25(29(33)34)15-22-14-18(3)32(19(22)4)24-12-13-27(36-6)26(31)16-24/h8-17H,1-7H3/b25-15-. The van der Waals surface area contributed by atoms with Crippen LogP contribution in [0.1, 0.15) is 49.2 Å². The number of carbonyl (C=O) groups is 2. The molecule has 0 unspecified atom stereocenters. The maximum atomic E-state index is 13.7. The molecular weight excluding hydrogens is 488 g/mol. The van der Waals surface area contributed by atoms with Crippen LogP contribution in [0.25, 0.3) is 11.8 Å². The number of aromatic nitrogens is 1. The van der Waals surface area contributed by atoms with Crippen LogP contribution in [-0.4, -0.2) is 30.7 Å². The Bertz CT molecular complexity index is 1440. The summed E-state index contributed by atoms with van der Waals surface area (Å²) in [5, 5.41) is 0.504.